The maximum atomic E-state index is 13.5. The van der Waals surface area contributed by atoms with Crippen LogP contribution < -0.4 is 14.8 Å². The van der Waals surface area contributed by atoms with Gasteiger partial charge >= 0.3 is 6.29 Å². The minimum atomic E-state index is -3.74. The number of hydrogen-bond acceptors (Lipinski definition) is 7. The van der Waals surface area contributed by atoms with Crippen LogP contribution in [0.4, 0.5) is 18.9 Å². The van der Waals surface area contributed by atoms with E-state index in [1.165, 1.54) is 30.3 Å². The summed E-state index contributed by atoms with van der Waals surface area (Å²) in [5.74, 6) is -0.650. The molecule has 12 heteroatoms. The van der Waals surface area contributed by atoms with Crippen LogP contribution >= 0.6 is 11.8 Å². The molecule has 2 aromatic carbocycles. The first kappa shape index (κ1) is 21.8. The molecule has 4 aromatic rings. The Labute approximate surface area is 194 Å². The highest BCUT2D eigenvalue weighted by molar-refractivity contribution is 7.99. The van der Waals surface area contributed by atoms with E-state index < -0.39 is 18.0 Å². The fourth-order valence-corrected chi connectivity index (χ4v) is 3.98. The van der Waals surface area contributed by atoms with Gasteiger partial charge in [0.15, 0.2) is 22.5 Å². The Hall–Kier alpha value is -4.06. The largest absolute Gasteiger partial charge is 0.586 e. The standard InChI is InChI=1S/C22H14F3N5O3S/c23-14-1-4-16(5-2-14)30-20(13-7-9-26-10-8-13)28-29-21(30)34-12-19(31)27-15-3-6-17-18(11-15)33-22(24,25)32-17/h1-11H,12H2,(H,27,31). The zero-order chi connectivity index (χ0) is 23.7. The van der Waals surface area contributed by atoms with Crippen LogP contribution in [-0.4, -0.2) is 37.7 Å². The summed E-state index contributed by atoms with van der Waals surface area (Å²) in [7, 11) is 0. The third kappa shape index (κ3) is 4.53. The summed E-state index contributed by atoms with van der Waals surface area (Å²) in [6.07, 6.45) is -0.515. The number of ether oxygens (including phenoxy) is 2. The van der Waals surface area contributed by atoms with Gasteiger partial charge in [0.05, 0.1) is 5.75 Å². The van der Waals surface area contributed by atoms with Gasteiger partial charge in [-0.15, -0.1) is 19.0 Å². The molecule has 0 unspecified atom stereocenters. The van der Waals surface area contributed by atoms with E-state index in [1.54, 1.807) is 41.2 Å². The molecule has 0 radical (unpaired) electrons. The molecule has 0 spiro atoms. The Morgan fingerprint density at radius 2 is 1.74 bits per heavy atom. The predicted molar refractivity (Wildman–Crippen MR) is 117 cm³/mol. The Morgan fingerprint density at radius 3 is 2.50 bits per heavy atom. The van der Waals surface area contributed by atoms with Crippen molar-refractivity contribution < 1.29 is 27.4 Å². The Morgan fingerprint density at radius 1 is 1.00 bits per heavy atom. The number of alkyl halides is 2. The Balaban J connectivity index is 1.34. The monoisotopic (exact) mass is 485 g/mol. The van der Waals surface area contributed by atoms with E-state index in [9.17, 15) is 18.0 Å². The molecule has 0 saturated heterocycles. The molecule has 34 heavy (non-hydrogen) atoms. The molecule has 1 aliphatic rings. The lowest BCUT2D eigenvalue weighted by molar-refractivity contribution is -0.286. The average Bonchev–Trinajstić information content (AvgIpc) is 3.38. The van der Waals surface area contributed by atoms with Gasteiger partial charge in [-0.25, -0.2) is 4.39 Å². The summed E-state index contributed by atoms with van der Waals surface area (Å²) in [5.41, 5.74) is 1.61. The average molecular weight is 485 g/mol. The maximum Gasteiger partial charge on any atom is 0.586 e. The number of rotatable bonds is 6. The van der Waals surface area contributed by atoms with E-state index in [0.717, 1.165) is 17.3 Å². The third-order valence-corrected chi connectivity index (χ3v) is 5.60. The van der Waals surface area contributed by atoms with Crippen molar-refractivity contribution >= 4 is 23.4 Å². The summed E-state index contributed by atoms with van der Waals surface area (Å²) >= 11 is 1.11. The van der Waals surface area contributed by atoms with Gasteiger partial charge in [-0.3, -0.25) is 14.3 Å². The Bertz CT molecular complexity index is 1350. The van der Waals surface area contributed by atoms with Crippen LogP contribution in [0.1, 0.15) is 0 Å². The molecule has 0 aliphatic carbocycles. The molecular weight excluding hydrogens is 471 g/mol. The maximum absolute atomic E-state index is 13.5. The van der Waals surface area contributed by atoms with E-state index in [2.05, 4.69) is 30.0 Å². The molecule has 1 N–H and O–H groups in total. The van der Waals surface area contributed by atoms with Crippen molar-refractivity contribution in [1.82, 2.24) is 19.7 Å². The van der Waals surface area contributed by atoms with Crippen LogP contribution in [0.3, 0.4) is 0 Å². The first-order valence-corrected chi connectivity index (χ1v) is 10.8. The lowest BCUT2D eigenvalue weighted by Crippen LogP contribution is -2.25. The van der Waals surface area contributed by atoms with Crippen molar-refractivity contribution in [3.05, 3.63) is 72.8 Å². The van der Waals surface area contributed by atoms with Crippen LogP contribution in [0.5, 0.6) is 11.5 Å². The minimum Gasteiger partial charge on any atom is -0.395 e. The van der Waals surface area contributed by atoms with E-state index in [1.807, 2.05) is 0 Å². The number of nitrogens with zero attached hydrogens (tertiary/aromatic N) is 4. The number of aromatic nitrogens is 4. The van der Waals surface area contributed by atoms with Crippen molar-refractivity contribution in [3.63, 3.8) is 0 Å². The van der Waals surface area contributed by atoms with Gasteiger partial charge in [0, 0.05) is 35.4 Å². The zero-order valence-corrected chi connectivity index (χ0v) is 17.9. The lowest BCUT2D eigenvalue weighted by Gasteiger charge is -2.10. The number of anilines is 1. The van der Waals surface area contributed by atoms with Crippen LogP contribution in [0.15, 0.2) is 72.1 Å². The highest BCUT2D eigenvalue weighted by Gasteiger charge is 2.43. The molecule has 5 rings (SSSR count). The van der Waals surface area contributed by atoms with E-state index in [-0.39, 0.29) is 22.9 Å². The first-order valence-electron chi connectivity index (χ1n) is 9.82. The quantitative estimate of drug-likeness (QED) is 0.402. The van der Waals surface area contributed by atoms with E-state index in [0.29, 0.717) is 16.7 Å². The SMILES string of the molecule is O=C(CSc1nnc(-c2ccncc2)n1-c1ccc(F)cc1)Nc1ccc2c(c1)OC(F)(F)O2. The molecule has 0 bridgehead atoms. The molecule has 0 saturated carbocycles. The second-order valence-electron chi connectivity index (χ2n) is 7.02. The number of thioether (sulfide) groups is 1. The second-order valence-corrected chi connectivity index (χ2v) is 7.96. The molecule has 0 fully saturated rings. The number of carbonyl (C=O) groups excluding carboxylic acids is 1. The van der Waals surface area contributed by atoms with E-state index in [4.69, 9.17) is 0 Å². The smallest absolute Gasteiger partial charge is 0.395 e. The molecule has 3 heterocycles. The van der Waals surface area contributed by atoms with Crippen molar-refractivity contribution in [2.75, 3.05) is 11.1 Å². The number of hydrogen-bond donors (Lipinski definition) is 1. The highest BCUT2D eigenvalue weighted by Crippen LogP contribution is 2.42. The van der Waals surface area contributed by atoms with Crippen molar-refractivity contribution in [2.45, 2.75) is 11.5 Å². The third-order valence-electron chi connectivity index (χ3n) is 4.67. The van der Waals surface area contributed by atoms with Gasteiger partial charge in [0.25, 0.3) is 0 Å². The van der Waals surface area contributed by atoms with Crippen molar-refractivity contribution in [1.29, 1.82) is 0 Å². The van der Waals surface area contributed by atoms with Gasteiger partial charge in [-0.05, 0) is 48.5 Å². The number of pyridine rings is 1. The fourth-order valence-electron chi connectivity index (χ4n) is 3.23. The molecule has 8 nitrogen and oxygen atoms in total. The van der Waals surface area contributed by atoms with Crippen molar-refractivity contribution in [2.24, 2.45) is 0 Å². The number of fused-ring (bicyclic) bond motifs is 1. The van der Waals surface area contributed by atoms with Crippen LogP contribution in [0, 0.1) is 5.82 Å². The molecule has 1 aliphatic heterocycles. The number of nitrogens with one attached hydrogen (secondary N) is 1. The molecule has 1 amide bonds. The van der Waals surface area contributed by atoms with E-state index >= 15 is 0 Å². The first-order chi connectivity index (χ1) is 16.4. The van der Waals surface area contributed by atoms with Crippen LogP contribution in [0.25, 0.3) is 17.1 Å². The predicted octanol–water partition coefficient (Wildman–Crippen LogP) is 4.52. The lowest BCUT2D eigenvalue weighted by atomic mass is 10.2. The molecule has 172 valence electrons. The van der Waals surface area contributed by atoms with Gasteiger partial charge in [-0.1, -0.05) is 11.8 Å². The summed E-state index contributed by atoms with van der Waals surface area (Å²) in [5, 5.41) is 11.5. The number of halogens is 3. The molecule has 2 aromatic heterocycles. The van der Waals surface area contributed by atoms with Crippen LogP contribution in [-0.2, 0) is 4.79 Å². The van der Waals surface area contributed by atoms with Crippen LogP contribution in [0.2, 0.25) is 0 Å². The summed E-state index contributed by atoms with van der Waals surface area (Å²) in [6.45, 7) is 0. The summed E-state index contributed by atoms with van der Waals surface area (Å²) in [6, 6.07) is 13.3. The van der Waals surface area contributed by atoms with Gasteiger partial charge in [0.2, 0.25) is 5.91 Å². The normalized spacial score (nSPS) is 13.6. The fraction of sp³-hybridized carbons (Fsp3) is 0.0909. The summed E-state index contributed by atoms with van der Waals surface area (Å²) in [4.78, 5) is 16.5. The van der Waals surface area contributed by atoms with Gasteiger partial charge in [0.1, 0.15) is 5.82 Å². The number of benzene rings is 2. The van der Waals surface area contributed by atoms with Gasteiger partial charge in [-0.2, -0.15) is 0 Å². The zero-order valence-electron chi connectivity index (χ0n) is 17.1. The van der Waals surface area contributed by atoms with Gasteiger partial charge < -0.3 is 14.8 Å². The topological polar surface area (TPSA) is 91.2 Å². The molecular formula is C22H14F3N5O3S. The minimum absolute atomic E-state index is 0.0553. The summed E-state index contributed by atoms with van der Waals surface area (Å²) < 4.78 is 50.3. The number of carbonyl (C=O) groups is 1. The molecule has 0 atom stereocenters. The number of amides is 1. The van der Waals surface area contributed by atoms with Crippen molar-refractivity contribution in [3.8, 4) is 28.6 Å². The highest BCUT2D eigenvalue weighted by atomic mass is 32.2. The Kier molecular flexibility index (Phi) is 5.57. The second kappa shape index (κ2) is 8.71.